The molecule has 3 N–H and O–H groups in total. The van der Waals surface area contributed by atoms with Crippen LogP contribution in [0.1, 0.15) is 26.7 Å². The van der Waals surface area contributed by atoms with E-state index in [1.807, 2.05) is 0 Å². The molecule has 0 radical (unpaired) electrons. The molecule has 15 heavy (non-hydrogen) atoms. The number of likely N-dealkylation sites (tertiary alicyclic amines) is 1. The fourth-order valence-corrected chi connectivity index (χ4v) is 2.52. The summed E-state index contributed by atoms with van der Waals surface area (Å²) in [6, 6.07) is 0.901. The number of nitrogens with two attached hydrogens (primary N) is 1. The third-order valence-corrected chi connectivity index (χ3v) is 3.82. The Balaban J connectivity index is 1.97. The molecule has 0 bridgehead atoms. The first kappa shape index (κ1) is 10.9. The molecule has 86 valence electrons. The van der Waals surface area contributed by atoms with Crippen molar-refractivity contribution in [3.05, 3.63) is 0 Å². The SMILES string of the molecule is CC(C)N1C[C@H](NC(=O)CN)C2(CC2)C1. The molecule has 1 amide bonds. The van der Waals surface area contributed by atoms with Gasteiger partial charge in [0, 0.05) is 30.6 Å². The summed E-state index contributed by atoms with van der Waals surface area (Å²) in [5.41, 5.74) is 5.71. The zero-order valence-electron chi connectivity index (χ0n) is 9.62. The first-order valence-corrected chi connectivity index (χ1v) is 5.81. The Labute approximate surface area is 91.2 Å². The van der Waals surface area contributed by atoms with Crippen molar-refractivity contribution in [3.8, 4) is 0 Å². The maximum absolute atomic E-state index is 11.3. The van der Waals surface area contributed by atoms with E-state index in [1.54, 1.807) is 0 Å². The molecule has 4 nitrogen and oxygen atoms in total. The van der Waals surface area contributed by atoms with Gasteiger partial charge >= 0.3 is 0 Å². The second kappa shape index (κ2) is 3.76. The molecule has 4 heteroatoms. The normalized spacial score (nSPS) is 28.7. The molecule has 2 aliphatic rings. The number of carbonyl (C=O) groups is 1. The molecular weight excluding hydrogens is 190 g/mol. The van der Waals surface area contributed by atoms with E-state index in [2.05, 4.69) is 24.1 Å². The average Bonchev–Trinajstić information content (AvgIpc) is 2.86. The van der Waals surface area contributed by atoms with Gasteiger partial charge in [0.25, 0.3) is 0 Å². The molecule has 1 saturated heterocycles. The third kappa shape index (κ3) is 2.01. The molecule has 1 aliphatic heterocycles. The number of hydrogen-bond donors (Lipinski definition) is 2. The Bertz CT molecular complexity index is 261. The second-order valence-corrected chi connectivity index (χ2v) is 5.21. The highest BCUT2D eigenvalue weighted by Gasteiger charge is 2.55. The molecule has 1 heterocycles. The van der Waals surface area contributed by atoms with Crippen molar-refractivity contribution in [2.24, 2.45) is 11.1 Å². The number of hydrogen-bond acceptors (Lipinski definition) is 3. The average molecular weight is 211 g/mol. The van der Waals surface area contributed by atoms with Gasteiger partial charge in [-0.2, -0.15) is 0 Å². The van der Waals surface area contributed by atoms with Crippen LogP contribution in [0.2, 0.25) is 0 Å². The highest BCUT2D eigenvalue weighted by molar-refractivity contribution is 5.78. The fraction of sp³-hybridized carbons (Fsp3) is 0.909. The van der Waals surface area contributed by atoms with E-state index in [0.29, 0.717) is 17.5 Å². The summed E-state index contributed by atoms with van der Waals surface area (Å²) in [6.07, 6.45) is 2.51. The van der Waals surface area contributed by atoms with Gasteiger partial charge in [0.1, 0.15) is 0 Å². The standard InChI is InChI=1S/C11H21N3O/c1-8(2)14-6-9(13-10(15)5-12)11(7-14)3-4-11/h8-9H,3-7,12H2,1-2H3,(H,13,15)/t9-/m0/s1. The van der Waals surface area contributed by atoms with Crippen molar-refractivity contribution in [3.63, 3.8) is 0 Å². The van der Waals surface area contributed by atoms with Crippen LogP contribution in [-0.4, -0.2) is 42.5 Å². The van der Waals surface area contributed by atoms with E-state index in [-0.39, 0.29) is 12.5 Å². The summed E-state index contributed by atoms with van der Waals surface area (Å²) in [5.74, 6) is -0.0168. The predicted molar refractivity (Wildman–Crippen MR) is 59.4 cm³/mol. The molecule has 1 aliphatic carbocycles. The van der Waals surface area contributed by atoms with Crippen LogP contribution < -0.4 is 11.1 Å². The van der Waals surface area contributed by atoms with E-state index >= 15 is 0 Å². The monoisotopic (exact) mass is 211 g/mol. The summed E-state index contributed by atoms with van der Waals surface area (Å²) in [7, 11) is 0. The molecule has 0 aromatic rings. The summed E-state index contributed by atoms with van der Waals surface area (Å²) in [5, 5.41) is 3.06. The van der Waals surface area contributed by atoms with E-state index in [9.17, 15) is 4.79 Å². The van der Waals surface area contributed by atoms with Crippen LogP contribution in [0.3, 0.4) is 0 Å². The topological polar surface area (TPSA) is 58.4 Å². The van der Waals surface area contributed by atoms with Crippen LogP contribution in [0.4, 0.5) is 0 Å². The number of nitrogens with one attached hydrogen (secondary N) is 1. The van der Waals surface area contributed by atoms with E-state index in [0.717, 1.165) is 13.1 Å². The Kier molecular flexibility index (Phi) is 2.73. The molecular formula is C11H21N3O. The lowest BCUT2D eigenvalue weighted by Gasteiger charge is -2.20. The fourth-order valence-electron chi connectivity index (χ4n) is 2.52. The molecule has 2 fully saturated rings. The Morgan fingerprint density at radius 1 is 1.60 bits per heavy atom. The number of carbonyl (C=O) groups excluding carboxylic acids is 1. The number of rotatable bonds is 3. The minimum Gasteiger partial charge on any atom is -0.350 e. The quantitative estimate of drug-likeness (QED) is 0.687. The first-order chi connectivity index (χ1) is 7.07. The lowest BCUT2D eigenvalue weighted by Crippen LogP contribution is -2.44. The zero-order chi connectivity index (χ0) is 11.1. The molecule has 2 rings (SSSR count). The van der Waals surface area contributed by atoms with Crippen LogP contribution in [0.15, 0.2) is 0 Å². The van der Waals surface area contributed by atoms with Crippen LogP contribution >= 0.6 is 0 Å². The van der Waals surface area contributed by atoms with Crippen LogP contribution in [0.25, 0.3) is 0 Å². The van der Waals surface area contributed by atoms with E-state index in [1.165, 1.54) is 12.8 Å². The smallest absolute Gasteiger partial charge is 0.234 e. The van der Waals surface area contributed by atoms with Crippen molar-refractivity contribution in [2.45, 2.75) is 38.8 Å². The largest absolute Gasteiger partial charge is 0.350 e. The molecule has 0 aromatic carbocycles. The molecule has 0 unspecified atom stereocenters. The van der Waals surface area contributed by atoms with Gasteiger partial charge in [-0.25, -0.2) is 0 Å². The summed E-state index contributed by atoms with van der Waals surface area (Å²) in [4.78, 5) is 13.8. The summed E-state index contributed by atoms with van der Waals surface area (Å²) < 4.78 is 0. The summed E-state index contributed by atoms with van der Waals surface area (Å²) in [6.45, 7) is 6.66. The van der Waals surface area contributed by atoms with Crippen molar-refractivity contribution in [1.82, 2.24) is 10.2 Å². The third-order valence-electron chi connectivity index (χ3n) is 3.82. The lowest BCUT2D eigenvalue weighted by atomic mass is 10.0. The Morgan fingerprint density at radius 3 is 2.73 bits per heavy atom. The van der Waals surface area contributed by atoms with Gasteiger partial charge in [0.05, 0.1) is 6.54 Å². The Morgan fingerprint density at radius 2 is 2.27 bits per heavy atom. The Hall–Kier alpha value is -0.610. The van der Waals surface area contributed by atoms with Gasteiger partial charge in [0.15, 0.2) is 0 Å². The molecule has 1 spiro atoms. The molecule has 1 atom stereocenters. The van der Waals surface area contributed by atoms with Crippen molar-refractivity contribution in [1.29, 1.82) is 0 Å². The van der Waals surface area contributed by atoms with Crippen molar-refractivity contribution in [2.75, 3.05) is 19.6 Å². The van der Waals surface area contributed by atoms with Gasteiger partial charge in [0.2, 0.25) is 5.91 Å². The van der Waals surface area contributed by atoms with Gasteiger partial charge in [-0.15, -0.1) is 0 Å². The predicted octanol–water partition coefficient (Wildman–Crippen LogP) is -0.0659. The molecule has 0 aromatic heterocycles. The highest BCUT2D eigenvalue weighted by Crippen LogP contribution is 2.53. The van der Waals surface area contributed by atoms with Crippen LogP contribution in [-0.2, 0) is 4.79 Å². The van der Waals surface area contributed by atoms with Crippen LogP contribution in [0, 0.1) is 5.41 Å². The number of amides is 1. The van der Waals surface area contributed by atoms with Gasteiger partial charge in [-0.3, -0.25) is 9.69 Å². The highest BCUT2D eigenvalue weighted by atomic mass is 16.1. The minimum absolute atomic E-state index is 0.0168. The maximum atomic E-state index is 11.3. The first-order valence-electron chi connectivity index (χ1n) is 5.81. The summed E-state index contributed by atoms with van der Waals surface area (Å²) >= 11 is 0. The van der Waals surface area contributed by atoms with Crippen molar-refractivity contribution < 1.29 is 4.79 Å². The van der Waals surface area contributed by atoms with Crippen molar-refractivity contribution >= 4 is 5.91 Å². The minimum atomic E-state index is -0.0168. The van der Waals surface area contributed by atoms with Crippen LogP contribution in [0.5, 0.6) is 0 Å². The van der Waals surface area contributed by atoms with Gasteiger partial charge in [-0.05, 0) is 26.7 Å². The van der Waals surface area contributed by atoms with E-state index in [4.69, 9.17) is 5.73 Å². The lowest BCUT2D eigenvalue weighted by molar-refractivity contribution is -0.120. The van der Waals surface area contributed by atoms with E-state index < -0.39 is 0 Å². The molecule has 1 saturated carbocycles. The second-order valence-electron chi connectivity index (χ2n) is 5.21. The number of nitrogens with zero attached hydrogens (tertiary/aromatic N) is 1. The maximum Gasteiger partial charge on any atom is 0.234 e. The zero-order valence-corrected chi connectivity index (χ0v) is 9.62. The van der Waals surface area contributed by atoms with Gasteiger partial charge in [-0.1, -0.05) is 0 Å². The van der Waals surface area contributed by atoms with Gasteiger partial charge < -0.3 is 11.1 Å².